The highest BCUT2D eigenvalue weighted by atomic mass is 32.2. The van der Waals surface area contributed by atoms with E-state index in [0.29, 0.717) is 10.9 Å². The zero-order chi connectivity index (χ0) is 20.5. The van der Waals surface area contributed by atoms with Gasteiger partial charge in [0.1, 0.15) is 11.3 Å². The molecule has 8 nitrogen and oxygen atoms in total. The number of aromatic amines is 1. The molecule has 0 saturated carbocycles. The number of fused-ring (bicyclic) bond motifs is 1. The number of nitrogens with two attached hydrogens (primary N) is 1. The molecule has 3 rings (SSSR count). The van der Waals surface area contributed by atoms with E-state index in [4.69, 9.17) is 14.6 Å². The smallest absolute Gasteiger partial charge is 0.342 e. The molecule has 28 heavy (non-hydrogen) atoms. The maximum absolute atomic E-state index is 12.7. The van der Waals surface area contributed by atoms with E-state index >= 15 is 0 Å². The molecular formula is C19H18N2O6S. The summed E-state index contributed by atoms with van der Waals surface area (Å²) in [5, 5.41) is 5.82. The van der Waals surface area contributed by atoms with Crippen molar-refractivity contribution in [2.45, 2.75) is 17.9 Å². The van der Waals surface area contributed by atoms with Crippen molar-refractivity contribution in [2.75, 3.05) is 7.11 Å². The predicted octanol–water partition coefficient (Wildman–Crippen LogP) is 2.25. The van der Waals surface area contributed by atoms with Crippen molar-refractivity contribution in [3.63, 3.8) is 0 Å². The van der Waals surface area contributed by atoms with E-state index in [1.807, 2.05) is 12.1 Å². The number of hydrogen-bond acceptors (Lipinski definition) is 6. The van der Waals surface area contributed by atoms with E-state index < -0.39 is 27.9 Å². The summed E-state index contributed by atoms with van der Waals surface area (Å²) in [5.41, 5.74) is 1.03. The minimum absolute atomic E-state index is 0.101. The number of H-pyrrole nitrogens is 1. The predicted molar refractivity (Wildman–Crippen MR) is 102 cm³/mol. The van der Waals surface area contributed by atoms with E-state index in [9.17, 15) is 18.0 Å². The number of esters is 1. The lowest BCUT2D eigenvalue weighted by molar-refractivity contribution is 0.0316. The number of ketones is 1. The first kappa shape index (κ1) is 19.6. The molecule has 9 heteroatoms. The van der Waals surface area contributed by atoms with Crippen molar-refractivity contribution < 1.29 is 27.5 Å². The van der Waals surface area contributed by atoms with Gasteiger partial charge in [0.15, 0.2) is 6.10 Å². The Morgan fingerprint density at radius 3 is 2.50 bits per heavy atom. The number of sulfonamides is 1. The summed E-state index contributed by atoms with van der Waals surface area (Å²) in [6.07, 6.45) is 0.453. The number of rotatable bonds is 6. The molecule has 0 saturated heterocycles. The van der Waals surface area contributed by atoms with Crippen molar-refractivity contribution in [2.24, 2.45) is 5.14 Å². The van der Waals surface area contributed by atoms with E-state index in [1.54, 1.807) is 18.3 Å². The fourth-order valence-electron chi connectivity index (χ4n) is 2.80. The molecule has 0 radical (unpaired) electrons. The second-order valence-corrected chi connectivity index (χ2v) is 7.63. The van der Waals surface area contributed by atoms with Crippen LogP contribution < -0.4 is 9.88 Å². The Bertz CT molecular complexity index is 1170. The molecule has 0 bridgehead atoms. The molecule has 0 spiro atoms. The highest BCUT2D eigenvalue weighted by Crippen LogP contribution is 2.24. The lowest BCUT2D eigenvalue weighted by Crippen LogP contribution is -2.25. The fourth-order valence-corrected chi connectivity index (χ4v) is 3.34. The van der Waals surface area contributed by atoms with Crippen LogP contribution >= 0.6 is 0 Å². The Labute approximate surface area is 161 Å². The topological polar surface area (TPSA) is 129 Å². The minimum atomic E-state index is -4.02. The van der Waals surface area contributed by atoms with Crippen LogP contribution in [0.3, 0.4) is 0 Å². The minimum Gasteiger partial charge on any atom is -0.496 e. The third-order valence-corrected chi connectivity index (χ3v) is 5.14. The quantitative estimate of drug-likeness (QED) is 0.481. The van der Waals surface area contributed by atoms with Crippen molar-refractivity contribution >= 4 is 32.7 Å². The van der Waals surface area contributed by atoms with Crippen LogP contribution in [0.4, 0.5) is 0 Å². The van der Waals surface area contributed by atoms with Crippen molar-refractivity contribution in [1.82, 2.24) is 4.98 Å². The zero-order valence-corrected chi connectivity index (χ0v) is 15.9. The van der Waals surface area contributed by atoms with Gasteiger partial charge >= 0.3 is 5.97 Å². The second-order valence-electron chi connectivity index (χ2n) is 6.07. The number of carbonyl (C=O) groups is 2. The highest BCUT2D eigenvalue weighted by molar-refractivity contribution is 7.89. The van der Waals surface area contributed by atoms with Crippen LogP contribution in [0.2, 0.25) is 0 Å². The van der Waals surface area contributed by atoms with Crippen LogP contribution in [0.15, 0.2) is 53.6 Å². The first-order valence-electron chi connectivity index (χ1n) is 8.24. The monoisotopic (exact) mass is 402 g/mol. The molecule has 1 aromatic heterocycles. The van der Waals surface area contributed by atoms with Gasteiger partial charge in [-0.25, -0.2) is 18.4 Å². The average Bonchev–Trinajstić information content (AvgIpc) is 3.10. The van der Waals surface area contributed by atoms with E-state index in [2.05, 4.69) is 4.98 Å². The molecule has 2 aromatic carbocycles. The van der Waals surface area contributed by atoms with Gasteiger partial charge < -0.3 is 14.5 Å². The van der Waals surface area contributed by atoms with Gasteiger partial charge in [0.25, 0.3) is 0 Å². The number of benzene rings is 2. The molecule has 1 atom stereocenters. The molecule has 0 fully saturated rings. The van der Waals surface area contributed by atoms with Gasteiger partial charge in [-0.3, -0.25) is 4.79 Å². The summed E-state index contributed by atoms with van der Waals surface area (Å²) in [6, 6.07) is 10.8. The van der Waals surface area contributed by atoms with Crippen molar-refractivity contribution in [3.05, 3.63) is 59.8 Å². The first-order chi connectivity index (χ1) is 13.2. The number of aromatic nitrogens is 1. The van der Waals surface area contributed by atoms with Crippen LogP contribution in [-0.4, -0.2) is 38.4 Å². The Morgan fingerprint density at radius 1 is 1.11 bits per heavy atom. The summed E-state index contributed by atoms with van der Waals surface area (Å²) in [5.74, 6) is -1.19. The lowest BCUT2D eigenvalue weighted by atomic mass is 10.1. The maximum Gasteiger partial charge on any atom is 0.342 e. The Hall–Kier alpha value is -3.17. The van der Waals surface area contributed by atoms with Gasteiger partial charge in [0, 0.05) is 22.7 Å². The molecule has 1 unspecified atom stereocenters. The molecular weight excluding hydrogens is 384 g/mol. The Morgan fingerprint density at radius 2 is 1.82 bits per heavy atom. The SMILES string of the molecule is COc1ccc(S(N)(=O)=O)cc1C(=O)OC(C)C(=O)c1c[nH]c2ccccc12. The normalized spacial score (nSPS) is 12.5. The van der Waals surface area contributed by atoms with Crippen LogP contribution in [0.25, 0.3) is 10.9 Å². The van der Waals surface area contributed by atoms with Gasteiger partial charge in [-0.2, -0.15) is 0 Å². The number of hydrogen-bond donors (Lipinski definition) is 2. The number of Topliss-reactive ketones (excluding diaryl/α,β-unsaturated/α-hetero) is 1. The summed E-state index contributed by atoms with van der Waals surface area (Å²) < 4.78 is 33.4. The van der Waals surface area contributed by atoms with Gasteiger partial charge in [0.2, 0.25) is 15.8 Å². The number of carbonyl (C=O) groups excluding carboxylic acids is 2. The zero-order valence-electron chi connectivity index (χ0n) is 15.1. The van der Waals surface area contributed by atoms with Gasteiger partial charge in [-0.1, -0.05) is 18.2 Å². The third-order valence-electron chi connectivity index (χ3n) is 4.23. The molecule has 1 heterocycles. The Balaban J connectivity index is 1.87. The molecule has 0 aliphatic rings. The van der Waals surface area contributed by atoms with E-state index in [0.717, 1.165) is 11.6 Å². The largest absolute Gasteiger partial charge is 0.496 e. The van der Waals surface area contributed by atoms with Gasteiger partial charge in [-0.15, -0.1) is 0 Å². The van der Waals surface area contributed by atoms with E-state index in [1.165, 1.54) is 26.2 Å². The summed E-state index contributed by atoms with van der Waals surface area (Å²) in [7, 11) is -2.70. The van der Waals surface area contributed by atoms with E-state index in [-0.39, 0.29) is 16.2 Å². The van der Waals surface area contributed by atoms with Crippen LogP contribution in [0, 0.1) is 0 Å². The second kappa shape index (κ2) is 7.45. The maximum atomic E-state index is 12.7. The van der Waals surface area contributed by atoms with Crippen molar-refractivity contribution in [3.8, 4) is 5.75 Å². The van der Waals surface area contributed by atoms with Crippen molar-refractivity contribution in [1.29, 1.82) is 0 Å². The molecule has 0 aliphatic heterocycles. The molecule has 3 N–H and O–H groups in total. The van der Waals surface area contributed by atoms with Crippen LogP contribution in [0.5, 0.6) is 5.75 Å². The van der Waals surface area contributed by atoms with Gasteiger partial charge in [0.05, 0.1) is 12.0 Å². The lowest BCUT2D eigenvalue weighted by Gasteiger charge is -2.14. The number of primary sulfonamides is 1. The fraction of sp³-hybridized carbons (Fsp3) is 0.158. The number of nitrogens with one attached hydrogen (secondary N) is 1. The molecule has 146 valence electrons. The third kappa shape index (κ3) is 3.75. The average molecular weight is 402 g/mol. The summed E-state index contributed by atoms with van der Waals surface area (Å²) >= 11 is 0. The number of ether oxygens (including phenoxy) is 2. The molecule has 0 aliphatic carbocycles. The Kier molecular flexibility index (Phi) is 5.21. The highest BCUT2D eigenvalue weighted by Gasteiger charge is 2.25. The summed E-state index contributed by atoms with van der Waals surface area (Å²) in [4.78, 5) is 28.0. The van der Waals surface area contributed by atoms with Gasteiger partial charge in [-0.05, 0) is 31.2 Å². The van der Waals surface area contributed by atoms with Crippen LogP contribution in [0.1, 0.15) is 27.6 Å². The molecule has 3 aromatic rings. The summed E-state index contributed by atoms with van der Waals surface area (Å²) in [6.45, 7) is 1.44. The first-order valence-corrected chi connectivity index (χ1v) is 9.79. The number of methoxy groups -OCH3 is 1. The molecule has 0 amide bonds. The standard InChI is InChI=1S/C19H18N2O6S/c1-11(18(22)15-10-21-16-6-4-3-5-13(15)16)27-19(23)14-9-12(28(20,24)25)7-8-17(14)26-2/h3-11,21H,1-2H3,(H2,20,24,25). The van der Waals surface area contributed by atoms with Crippen LogP contribution in [-0.2, 0) is 14.8 Å². The number of para-hydroxylation sites is 1.